The SMILES string of the molecule is CCNC(=O)[C@@H](C)NC(=O)C1CCN(C(=O)c2cccs2)CC1. The second-order valence-corrected chi connectivity index (χ2v) is 6.62. The van der Waals surface area contributed by atoms with Gasteiger partial charge in [0.2, 0.25) is 11.8 Å². The molecule has 2 N–H and O–H groups in total. The Morgan fingerprint density at radius 1 is 1.35 bits per heavy atom. The van der Waals surface area contributed by atoms with Crippen molar-refractivity contribution in [2.24, 2.45) is 5.92 Å². The van der Waals surface area contributed by atoms with E-state index in [1.165, 1.54) is 11.3 Å². The molecule has 126 valence electrons. The van der Waals surface area contributed by atoms with Gasteiger partial charge in [0, 0.05) is 25.6 Å². The quantitative estimate of drug-likeness (QED) is 0.848. The normalized spacial score (nSPS) is 16.7. The maximum absolute atomic E-state index is 12.3. The fourth-order valence-corrected chi connectivity index (χ4v) is 3.32. The van der Waals surface area contributed by atoms with E-state index < -0.39 is 6.04 Å². The number of hydrogen-bond acceptors (Lipinski definition) is 4. The van der Waals surface area contributed by atoms with Gasteiger partial charge in [-0.05, 0) is 38.1 Å². The lowest BCUT2D eigenvalue weighted by molar-refractivity contribution is -0.131. The molecule has 1 aromatic heterocycles. The van der Waals surface area contributed by atoms with Gasteiger partial charge >= 0.3 is 0 Å². The average molecular weight is 337 g/mol. The topological polar surface area (TPSA) is 78.5 Å². The van der Waals surface area contributed by atoms with E-state index in [1.54, 1.807) is 11.8 Å². The average Bonchev–Trinajstić information content (AvgIpc) is 3.09. The molecule has 0 bridgehead atoms. The van der Waals surface area contributed by atoms with E-state index in [1.807, 2.05) is 24.4 Å². The van der Waals surface area contributed by atoms with Gasteiger partial charge in [-0.2, -0.15) is 0 Å². The third kappa shape index (κ3) is 4.54. The van der Waals surface area contributed by atoms with E-state index >= 15 is 0 Å². The number of likely N-dealkylation sites (tertiary alicyclic amines) is 1. The molecule has 1 fully saturated rings. The smallest absolute Gasteiger partial charge is 0.263 e. The summed E-state index contributed by atoms with van der Waals surface area (Å²) in [6.07, 6.45) is 1.26. The highest BCUT2D eigenvalue weighted by atomic mass is 32.1. The van der Waals surface area contributed by atoms with Gasteiger partial charge in [-0.15, -0.1) is 11.3 Å². The third-order valence-electron chi connectivity index (χ3n) is 3.99. The van der Waals surface area contributed by atoms with Crippen LogP contribution in [-0.4, -0.2) is 48.3 Å². The molecule has 6 nitrogen and oxygen atoms in total. The molecule has 1 aromatic rings. The van der Waals surface area contributed by atoms with E-state index in [9.17, 15) is 14.4 Å². The van der Waals surface area contributed by atoms with Crippen molar-refractivity contribution in [1.82, 2.24) is 15.5 Å². The molecule has 0 aromatic carbocycles. The second kappa shape index (κ2) is 8.10. The molecule has 0 aliphatic carbocycles. The van der Waals surface area contributed by atoms with Crippen LogP contribution in [0.2, 0.25) is 0 Å². The molecule has 0 radical (unpaired) electrons. The summed E-state index contributed by atoms with van der Waals surface area (Å²) in [7, 11) is 0. The second-order valence-electron chi connectivity index (χ2n) is 5.67. The summed E-state index contributed by atoms with van der Waals surface area (Å²) in [5.74, 6) is -0.382. The Morgan fingerprint density at radius 3 is 2.61 bits per heavy atom. The van der Waals surface area contributed by atoms with Crippen molar-refractivity contribution >= 4 is 29.1 Å². The molecule has 0 spiro atoms. The lowest BCUT2D eigenvalue weighted by Gasteiger charge is -2.31. The van der Waals surface area contributed by atoms with Crippen LogP contribution in [0.5, 0.6) is 0 Å². The Kier molecular flexibility index (Phi) is 6.15. The predicted octanol–water partition coefficient (Wildman–Crippen LogP) is 1.24. The first-order valence-electron chi connectivity index (χ1n) is 7.93. The van der Waals surface area contributed by atoms with Crippen LogP contribution in [0.25, 0.3) is 0 Å². The van der Waals surface area contributed by atoms with Crippen molar-refractivity contribution in [2.45, 2.75) is 32.7 Å². The van der Waals surface area contributed by atoms with Gasteiger partial charge < -0.3 is 15.5 Å². The van der Waals surface area contributed by atoms with Crippen LogP contribution in [0.15, 0.2) is 17.5 Å². The first-order valence-corrected chi connectivity index (χ1v) is 8.81. The van der Waals surface area contributed by atoms with Crippen LogP contribution in [0, 0.1) is 5.92 Å². The first-order chi connectivity index (χ1) is 11.0. The minimum Gasteiger partial charge on any atom is -0.355 e. The van der Waals surface area contributed by atoms with E-state index in [0.29, 0.717) is 32.5 Å². The third-order valence-corrected chi connectivity index (χ3v) is 4.85. The molecular weight excluding hydrogens is 314 g/mol. The molecule has 2 heterocycles. The van der Waals surface area contributed by atoms with Gasteiger partial charge in [-0.1, -0.05) is 6.07 Å². The minimum absolute atomic E-state index is 0.0366. The fraction of sp³-hybridized carbons (Fsp3) is 0.562. The van der Waals surface area contributed by atoms with Gasteiger partial charge in [0.1, 0.15) is 6.04 Å². The number of hydrogen-bond donors (Lipinski definition) is 2. The monoisotopic (exact) mass is 337 g/mol. The number of nitrogens with one attached hydrogen (secondary N) is 2. The summed E-state index contributed by atoms with van der Waals surface area (Å²) in [6, 6.07) is 3.15. The van der Waals surface area contributed by atoms with Crippen molar-refractivity contribution in [3.8, 4) is 0 Å². The number of amides is 3. The van der Waals surface area contributed by atoms with E-state index in [-0.39, 0.29) is 23.6 Å². The van der Waals surface area contributed by atoms with Crippen molar-refractivity contribution in [3.63, 3.8) is 0 Å². The van der Waals surface area contributed by atoms with Gasteiger partial charge in [0.05, 0.1) is 4.88 Å². The van der Waals surface area contributed by atoms with Gasteiger partial charge in [0.15, 0.2) is 0 Å². The molecule has 0 saturated carbocycles. The number of carbonyl (C=O) groups is 3. The highest BCUT2D eigenvalue weighted by Crippen LogP contribution is 2.21. The summed E-state index contributed by atoms with van der Waals surface area (Å²) >= 11 is 1.43. The van der Waals surface area contributed by atoms with Crippen LogP contribution >= 0.6 is 11.3 Å². The van der Waals surface area contributed by atoms with Crippen molar-refractivity contribution in [3.05, 3.63) is 22.4 Å². The predicted molar refractivity (Wildman–Crippen MR) is 89.2 cm³/mol. The minimum atomic E-state index is -0.534. The number of carbonyl (C=O) groups excluding carboxylic acids is 3. The Morgan fingerprint density at radius 2 is 2.04 bits per heavy atom. The van der Waals surface area contributed by atoms with E-state index in [4.69, 9.17) is 0 Å². The van der Waals surface area contributed by atoms with Crippen molar-refractivity contribution < 1.29 is 14.4 Å². The molecule has 3 amide bonds. The van der Waals surface area contributed by atoms with Gasteiger partial charge in [-0.3, -0.25) is 14.4 Å². The Hall–Kier alpha value is -1.89. The van der Waals surface area contributed by atoms with Gasteiger partial charge in [-0.25, -0.2) is 0 Å². The molecular formula is C16H23N3O3S. The standard InChI is InChI=1S/C16H23N3O3S/c1-3-17-14(20)11(2)18-15(21)12-6-8-19(9-7-12)16(22)13-5-4-10-23-13/h4-5,10-12H,3,6-9H2,1-2H3,(H,17,20)(H,18,21)/t11-/m1/s1. The molecule has 2 rings (SSSR count). The Balaban J connectivity index is 1.81. The first kappa shape index (κ1) is 17.5. The summed E-state index contributed by atoms with van der Waals surface area (Å²) in [5.41, 5.74) is 0. The molecule has 7 heteroatoms. The van der Waals surface area contributed by atoms with Crippen molar-refractivity contribution in [2.75, 3.05) is 19.6 Å². The lowest BCUT2D eigenvalue weighted by Crippen LogP contribution is -2.49. The molecule has 1 aliphatic rings. The van der Waals surface area contributed by atoms with E-state index in [0.717, 1.165) is 4.88 Å². The molecule has 1 saturated heterocycles. The molecule has 1 aliphatic heterocycles. The number of piperidine rings is 1. The number of likely N-dealkylation sites (N-methyl/N-ethyl adjacent to an activating group) is 1. The summed E-state index contributed by atoms with van der Waals surface area (Å²) in [6.45, 7) is 5.21. The zero-order valence-electron chi connectivity index (χ0n) is 13.5. The molecule has 0 unspecified atom stereocenters. The van der Waals surface area contributed by atoms with Crippen LogP contribution in [0.3, 0.4) is 0 Å². The van der Waals surface area contributed by atoms with Crippen molar-refractivity contribution in [1.29, 1.82) is 0 Å². The maximum Gasteiger partial charge on any atom is 0.263 e. The van der Waals surface area contributed by atoms with Crippen LogP contribution in [0.4, 0.5) is 0 Å². The maximum atomic E-state index is 12.3. The number of rotatable bonds is 5. The summed E-state index contributed by atoms with van der Waals surface area (Å²) < 4.78 is 0. The highest BCUT2D eigenvalue weighted by Gasteiger charge is 2.29. The number of thiophene rings is 1. The number of nitrogens with zero attached hydrogens (tertiary/aromatic N) is 1. The largest absolute Gasteiger partial charge is 0.355 e. The lowest BCUT2D eigenvalue weighted by atomic mass is 9.95. The van der Waals surface area contributed by atoms with Crippen LogP contribution in [-0.2, 0) is 9.59 Å². The Bertz CT molecular complexity index is 551. The Labute approximate surface area is 140 Å². The fourth-order valence-electron chi connectivity index (χ4n) is 2.62. The molecule has 23 heavy (non-hydrogen) atoms. The zero-order chi connectivity index (χ0) is 16.8. The summed E-state index contributed by atoms with van der Waals surface area (Å²) in [5, 5.41) is 7.32. The van der Waals surface area contributed by atoms with Gasteiger partial charge in [0.25, 0.3) is 5.91 Å². The zero-order valence-corrected chi connectivity index (χ0v) is 14.3. The summed E-state index contributed by atoms with van der Waals surface area (Å²) in [4.78, 5) is 38.7. The van der Waals surface area contributed by atoms with Crippen LogP contribution in [0.1, 0.15) is 36.4 Å². The van der Waals surface area contributed by atoms with Crippen LogP contribution < -0.4 is 10.6 Å². The van der Waals surface area contributed by atoms with E-state index in [2.05, 4.69) is 10.6 Å². The molecule has 1 atom stereocenters. The highest BCUT2D eigenvalue weighted by molar-refractivity contribution is 7.12.